The van der Waals surface area contributed by atoms with Crippen LogP contribution in [0.25, 0.3) is 0 Å². The van der Waals surface area contributed by atoms with Crippen LogP contribution < -0.4 is 10.6 Å². The van der Waals surface area contributed by atoms with Gasteiger partial charge in [0, 0.05) is 24.0 Å². The van der Waals surface area contributed by atoms with Gasteiger partial charge in [-0.25, -0.2) is 0 Å². The standard InChI is InChI=1S/C13H20N2/c1-9-6-11(3)15(8-9)12-4-5-13(14)10(2)7-12/h4-5,7,9,11H,6,8,14H2,1-3H3. The van der Waals surface area contributed by atoms with Gasteiger partial charge in [-0.15, -0.1) is 0 Å². The van der Waals surface area contributed by atoms with E-state index in [1.54, 1.807) is 0 Å². The summed E-state index contributed by atoms with van der Waals surface area (Å²) in [4.78, 5) is 2.48. The van der Waals surface area contributed by atoms with Gasteiger partial charge in [-0.2, -0.15) is 0 Å². The number of hydrogen-bond donors (Lipinski definition) is 1. The minimum Gasteiger partial charge on any atom is -0.399 e. The van der Waals surface area contributed by atoms with Crippen molar-refractivity contribution in [3.05, 3.63) is 23.8 Å². The molecule has 0 amide bonds. The highest BCUT2D eigenvalue weighted by Crippen LogP contribution is 2.30. The zero-order valence-corrected chi connectivity index (χ0v) is 9.83. The normalized spacial score (nSPS) is 25.9. The summed E-state index contributed by atoms with van der Waals surface area (Å²) in [6.07, 6.45) is 1.30. The molecule has 2 rings (SSSR count). The molecule has 82 valence electrons. The average Bonchev–Trinajstić information content (AvgIpc) is 2.50. The van der Waals surface area contributed by atoms with Gasteiger partial charge in [0.05, 0.1) is 0 Å². The Bertz CT molecular complexity index is 360. The topological polar surface area (TPSA) is 29.3 Å². The molecule has 1 aromatic rings. The van der Waals surface area contributed by atoms with Gasteiger partial charge in [0.25, 0.3) is 0 Å². The van der Waals surface area contributed by atoms with Crippen LogP contribution in [0.4, 0.5) is 11.4 Å². The van der Waals surface area contributed by atoms with Crippen LogP contribution in [0.3, 0.4) is 0 Å². The molecule has 2 heteroatoms. The minimum atomic E-state index is 0.656. The summed E-state index contributed by atoms with van der Waals surface area (Å²) in [6.45, 7) is 7.86. The fraction of sp³-hybridized carbons (Fsp3) is 0.538. The average molecular weight is 204 g/mol. The van der Waals surface area contributed by atoms with Crippen molar-refractivity contribution in [3.63, 3.8) is 0 Å². The van der Waals surface area contributed by atoms with Gasteiger partial charge in [-0.05, 0) is 49.9 Å². The smallest absolute Gasteiger partial charge is 0.0372 e. The maximum atomic E-state index is 5.83. The van der Waals surface area contributed by atoms with E-state index in [4.69, 9.17) is 5.73 Å². The van der Waals surface area contributed by atoms with Crippen molar-refractivity contribution in [1.82, 2.24) is 0 Å². The molecule has 2 N–H and O–H groups in total. The summed E-state index contributed by atoms with van der Waals surface area (Å²) in [5.74, 6) is 0.804. The zero-order chi connectivity index (χ0) is 11.0. The lowest BCUT2D eigenvalue weighted by Crippen LogP contribution is -2.26. The Kier molecular flexibility index (Phi) is 2.59. The lowest BCUT2D eigenvalue weighted by Gasteiger charge is -2.24. The monoisotopic (exact) mass is 204 g/mol. The van der Waals surface area contributed by atoms with Crippen molar-refractivity contribution in [1.29, 1.82) is 0 Å². The van der Waals surface area contributed by atoms with Crippen molar-refractivity contribution in [2.24, 2.45) is 5.92 Å². The van der Waals surface area contributed by atoms with E-state index < -0.39 is 0 Å². The first kappa shape index (κ1) is 10.3. The summed E-state index contributed by atoms with van der Waals surface area (Å²) in [6, 6.07) is 7.00. The van der Waals surface area contributed by atoms with E-state index in [0.29, 0.717) is 6.04 Å². The third kappa shape index (κ3) is 1.94. The number of hydrogen-bond acceptors (Lipinski definition) is 2. The first-order chi connectivity index (χ1) is 7.08. The highest BCUT2D eigenvalue weighted by atomic mass is 15.2. The molecule has 2 unspecified atom stereocenters. The fourth-order valence-corrected chi connectivity index (χ4v) is 2.50. The number of aryl methyl sites for hydroxylation is 1. The molecule has 1 aliphatic rings. The molecular weight excluding hydrogens is 184 g/mol. The van der Waals surface area contributed by atoms with Gasteiger partial charge in [-0.3, -0.25) is 0 Å². The Morgan fingerprint density at radius 2 is 2.07 bits per heavy atom. The molecule has 0 aliphatic carbocycles. The Labute approximate surface area is 92.1 Å². The Hall–Kier alpha value is -1.18. The van der Waals surface area contributed by atoms with E-state index in [1.807, 2.05) is 6.07 Å². The van der Waals surface area contributed by atoms with Crippen LogP contribution in [-0.2, 0) is 0 Å². The van der Waals surface area contributed by atoms with Gasteiger partial charge in [0.15, 0.2) is 0 Å². The van der Waals surface area contributed by atoms with Crippen molar-refractivity contribution < 1.29 is 0 Å². The van der Waals surface area contributed by atoms with E-state index >= 15 is 0 Å². The van der Waals surface area contributed by atoms with Crippen LogP contribution in [0.5, 0.6) is 0 Å². The van der Waals surface area contributed by atoms with Crippen LogP contribution >= 0.6 is 0 Å². The number of nitrogens with two attached hydrogens (primary N) is 1. The fourth-order valence-electron chi connectivity index (χ4n) is 2.50. The molecule has 2 atom stereocenters. The van der Waals surface area contributed by atoms with Gasteiger partial charge in [0.1, 0.15) is 0 Å². The summed E-state index contributed by atoms with van der Waals surface area (Å²) >= 11 is 0. The minimum absolute atomic E-state index is 0.656. The van der Waals surface area contributed by atoms with E-state index in [0.717, 1.165) is 11.6 Å². The Balaban J connectivity index is 2.26. The van der Waals surface area contributed by atoms with Crippen LogP contribution in [0.15, 0.2) is 18.2 Å². The first-order valence-electron chi connectivity index (χ1n) is 5.70. The Morgan fingerprint density at radius 1 is 1.33 bits per heavy atom. The van der Waals surface area contributed by atoms with E-state index in [1.165, 1.54) is 24.2 Å². The molecule has 1 saturated heterocycles. The largest absolute Gasteiger partial charge is 0.399 e. The third-order valence-corrected chi connectivity index (χ3v) is 3.37. The predicted molar refractivity (Wildman–Crippen MR) is 66.2 cm³/mol. The molecule has 0 radical (unpaired) electrons. The lowest BCUT2D eigenvalue weighted by molar-refractivity contribution is 0.625. The van der Waals surface area contributed by atoms with Gasteiger partial charge in [0.2, 0.25) is 0 Å². The van der Waals surface area contributed by atoms with Crippen molar-refractivity contribution >= 4 is 11.4 Å². The van der Waals surface area contributed by atoms with E-state index in [9.17, 15) is 0 Å². The van der Waals surface area contributed by atoms with Crippen LogP contribution in [0.1, 0.15) is 25.8 Å². The summed E-state index contributed by atoms with van der Waals surface area (Å²) in [5.41, 5.74) is 9.22. The highest BCUT2D eigenvalue weighted by Gasteiger charge is 2.26. The number of rotatable bonds is 1. The molecule has 1 aromatic carbocycles. The summed E-state index contributed by atoms with van der Waals surface area (Å²) in [5, 5.41) is 0. The molecule has 2 nitrogen and oxygen atoms in total. The quantitative estimate of drug-likeness (QED) is 0.713. The number of nitrogen functional groups attached to an aromatic ring is 1. The molecule has 1 aliphatic heterocycles. The molecule has 0 aromatic heterocycles. The summed E-state index contributed by atoms with van der Waals surface area (Å²) in [7, 11) is 0. The van der Waals surface area contributed by atoms with Crippen molar-refractivity contribution in [2.75, 3.05) is 17.2 Å². The molecule has 0 saturated carbocycles. The number of anilines is 2. The second-order valence-electron chi connectivity index (χ2n) is 4.88. The van der Waals surface area contributed by atoms with Crippen LogP contribution in [0.2, 0.25) is 0 Å². The predicted octanol–water partition coefficient (Wildman–Crippen LogP) is 2.81. The van der Waals surface area contributed by atoms with Gasteiger partial charge >= 0.3 is 0 Å². The maximum Gasteiger partial charge on any atom is 0.0372 e. The molecule has 15 heavy (non-hydrogen) atoms. The number of benzene rings is 1. The summed E-state index contributed by atoms with van der Waals surface area (Å²) < 4.78 is 0. The van der Waals surface area contributed by atoms with Crippen LogP contribution in [-0.4, -0.2) is 12.6 Å². The second kappa shape index (κ2) is 3.76. The zero-order valence-electron chi connectivity index (χ0n) is 9.83. The SMILES string of the molecule is Cc1cc(N2CC(C)CC2C)ccc1N. The molecule has 0 spiro atoms. The van der Waals surface area contributed by atoms with E-state index in [-0.39, 0.29) is 0 Å². The van der Waals surface area contributed by atoms with Crippen LogP contribution in [0, 0.1) is 12.8 Å². The second-order valence-corrected chi connectivity index (χ2v) is 4.88. The Morgan fingerprint density at radius 3 is 2.60 bits per heavy atom. The molecule has 1 fully saturated rings. The van der Waals surface area contributed by atoms with Gasteiger partial charge in [-0.1, -0.05) is 6.92 Å². The van der Waals surface area contributed by atoms with Gasteiger partial charge < -0.3 is 10.6 Å². The molecular formula is C13H20N2. The van der Waals surface area contributed by atoms with E-state index in [2.05, 4.69) is 37.8 Å². The molecule has 0 bridgehead atoms. The first-order valence-corrected chi connectivity index (χ1v) is 5.70. The third-order valence-electron chi connectivity index (χ3n) is 3.37. The highest BCUT2D eigenvalue weighted by molar-refractivity contribution is 5.58. The number of nitrogens with zero attached hydrogens (tertiary/aromatic N) is 1. The molecule has 1 heterocycles. The van der Waals surface area contributed by atoms with Crippen molar-refractivity contribution in [3.8, 4) is 0 Å². The maximum absolute atomic E-state index is 5.83. The van der Waals surface area contributed by atoms with Crippen molar-refractivity contribution in [2.45, 2.75) is 33.2 Å². The lowest BCUT2D eigenvalue weighted by atomic mass is 10.1.